The van der Waals surface area contributed by atoms with Crippen LogP contribution in [0.4, 0.5) is 5.82 Å². The van der Waals surface area contributed by atoms with Crippen molar-refractivity contribution in [3.05, 3.63) is 77.2 Å². The van der Waals surface area contributed by atoms with E-state index in [1.165, 1.54) is 6.33 Å². The average Bonchev–Trinajstić information content (AvgIpc) is 3.30. The summed E-state index contributed by atoms with van der Waals surface area (Å²) in [5, 5.41) is 13.5. The van der Waals surface area contributed by atoms with Crippen LogP contribution in [0.5, 0.6) is 11.5 Å². The molecular formula is C25H23ClN4O4. The van der Waals surface area contributed by atoms with Gasteiger partial charge in [0.05, 0.1) is 41.3 Å². The predicted octanol–water partition coefficient (Wildman–Crippen LogP) is 4.59. The van der Waals surface area contributed by atoms with E-state index in [9.17, 15) is 9.90 Å². The van der Waals surface area contributed by atoms with E-state index < -0.39 is 0 Å². The highest BCUT2D eigenvalue weighted by molar-refractivity contribution is 6.35. The van der Waals surface area contributed by atoms with E-state index in [-0.39, 0.29) is 29.6 Å². The zero-order chi connectivity index (χ0) is 23.5. The molecule has 1 aliphatic rings. The fraction of sp³-hybridized carbons (Fsp3) is 0.240. The van der Waals surface area contributed by atoms with Crippen molar-refractivity contribution in [2.45, 2.75) is 25.0 Å². The Labute approximate surface area is 200 Å². The Morgan fingerprint density at radius 1 is 1.15 bits per heavy atom. The van der Waals surface area contributed by atoms with Gasteiger partial charge in [0.25, 0.3) is 0 Å². The first-order chi connectivity index (χ1) is 16.6. The number of fused-ring (bicyclic) bond motifs is 1. The number of carbonyl (C=O) groups excluding carboxylic acids is 1. The Kier molecular flexibility index (Phi) is 6.44. The number of carbonyl (C=O) groups is 1. The number of halogens is 1. The van der Waals surface area contributed by atoms with Crippen molar-refractivity contribution in [3.63, 3.8) is 0 Å². The number of hydrogen-bond acceptors (Lipinski definition) is 7. The average molecular weight is 479 g/mol. The zero-order valence-corrected chi connectivity index (χ0v) is 19.0. The number of ketones is 1. The SMILES string of the molecule is O=C(c1ccc(Oc2ccccc2)cc1Cl)c1c[nH]c2ncnc(N[C@H]3CC[C@H](CO)OC3)c12. The maximum absolute atomic E-state index is 13.5. The lowest BCUT2D eigenvalue weighted by atomic mass is 10.0. The molecule has 9 heteroatoms. The summed E-state index contributed by atoms with van der Waals surface area (Å²) >= 11 is 6.49. The second-order valence-electron chi connectivity index (χ2n) is 8.09. The summed E-state index contributed by atoms with van der Waals surface area (Å²) in [7, 11) is 0. The van der Waals surface area contributed by atoms with Gasteiger partial charge in [-0.25, -0.2) is 9.97 Å². The molecule has 2 aromatic carbocycles. The number of nitrogens with one attached hydrogen (secondary N) is 2. The van der Waals surface area contributed by atoms with Gasteiger partial charge in [0, 0.05) is 17.8 Å². The van der Waals surface area contributed by atoms with Crippen molar-refractivity contribution in [3.8, 4) is 11.5 Å². The molecule has 1 fully saturated rings. The number of aromatic nitrogens is 3. The number of para-hydroxylation sites is 1. The van der Waals surface area contributed by atoms with Crippen LogP contribution in [0.3, 0.4) is 0 Å². The quantitative estimate of drug-likeness (QED) is 0.333. The second-order valence-corrected chi connectivity index (χ2v) is 8.50. The largest absolute Gasteiger partial charge is 0.457 e. The minimum Gasteiger partial charge on any atom is -0.457 e. The highest BCUT2D eigenvalue weighted by Crippen LogP contribution is 2.32. The standard InChI is InChI=1S/C25H23ClN4O4/c26-21-10-17(34-16-4-2-1-3-5-16)8-9-19(21)23(32)20-11-27-24-22(20)25(29-14-28-24)30-15-6-7-18(12-31)33-13-15/h1-5,8-11,14-15,18,31H,6-7,12-13H2,(H2,27,28,29,30)/t15-,18+/m0/s1. The Hall–Kier alpha value is -3.46. The molecule has 0 spiro atoms. The molecule has 1 saturated heterocycles. The third-order valence-corrected chi connectivity index (χ3v) is 6.11. The minimum absolute atomic E-state index is 0.0108. The Balaban J connectivity index is 1.40. The molecular weight excluding hydrogens is 456 g/mol. The van der Waals surface area contributed by atoms with Gasteiger partial charge in [-0.2, -0.15) is 0 Å². The molecule has 5 rings (SSSR count). The van der Waals surface area contributed by atoms with Gasteiger partial charge in [-0.05, 0) is 37.1 Å². The van der Waals surface area contributed by atoms with Gasteiger partial charge in [-0.1, -0.05) is 29.8 Å². The first-order valence-electron chi connectivity index (χ1n) is 11.0. The van der Waals surface area contributed by atoms with Crippen LogP contribution >= 0.6 is 11.6 Å². The number of anilines is 1. The van der Waals surface area contributed by atoms with Gasteiger partial charge in [-0.3, -0.25) is 4.79 Å². The van der Waals surface area contributed by atoms with E-state index in [2.05, 4.69) is 20.3 Å². The van der Waals surface area contributed by atoms with E-state index >= 15 is 0 Å². The van der Waals surface area contributed by atoms with Crippen molar-refractivity contribution in [1.82, 2.24) is 15.0 Å². The number of nitrogens with zero attached hydrogens (tertiary/aromatic N) is 2. The monoisotopic (exact) mass is 478 g/mol. The van der Waals surface area contributed by atoms with Gasteiger partial charge in [-0.15, -0.1) is 0 Å². The predicted molar refractivity (Wildman–Crippen MR) is 129 cm³/mol. The topological polar surface area (TPSA) is 109 Å². The number of hydrogen-bond donors (Lipinski definition) is 3. The van der Waals surface area contributed by atoms with E-state index in [1.54, 1.807) is 24.4 Å². The minimum atomic E-state index is -0.249. The van der Waals surface area contributed by atoms with Gasteiger partial charge in [0.15, 0.2) is 5.78 Å². The Morgan fingerprint density at radius 2 is 2.00 bits per heavy atom. The van der Waals surface area contributed by atoms with Crippen LogP contribution < -0.4 is 10.1 Å². The zero-order valence-electron chi connectivity index (χ0n) is 18.2. The number of aliphatic hydroxyl groups excluding tert-OH is 1. The molecule has 174 valence electrons. The molecule has 0 amide bonds. The molecule has 2 atom stereocenters. The fourth-order valence-corrected chi connectivity index (χ4v) is 4.28. The van der Waals surface area contributed by atoms with E-state index in [1.807, 2.05) is 30.3 Å². The van der Waals surface area contributed by atoms with Gasteiger partial charge < -0.3 is 24.9 Å². The highest BCUT2D eigenvalue weighted by atomic mass is 35.5. The fourth-order valence-electron chi connectivity index (χ4n) is 4.02. The van der Waals surface area contributed by atoms with Crippen LogP contribution in [-0.4, -0.2) is 51.2 Å². The summed E-state index contributed by atoms with van der Waals surface area (Å²) in [5.74, 6) is 1.52. The van der Waals surface area contributed by atoms with Gasteiger partial charge >= 0.3 is 0 Å². The van der Waals surface area contributed by atoms with Crippen molar-refractivity contribution >= 4 is 34.2 Å². The van der Waals surface area contributed by atoms with E-state index in [4.69, 9.17) is 21.1 Å². The maximum Gasteiger partial charge on any atom is 0.196 e. The summed E-state index contributed by atoms with van der Waals surface area (Å²) in [5.41, 5.74) is 1.32. The Bertz CT molecular complexity index is 1300. The van der Waals surface area contributed by atoms with Crippen LogP contribution in [0.2, 0.25) is 5.02 Å². The summed E-state index contributed by atoms with van der Waals surface area (Å²) in [6, 6.07) is 14.4. The maximum atomic E-state index is 13.5. The normalized spacial score (nSPS) is 18.1. The highest BCUT2D eigenvalue weighted by Gasteiger charge is 2.25. The van der Waals surface area contributed by atoms with Crippen molar-refractivity contribution in [2.75, 3.05) is 18.5 Å². The molecule has 0 radical (unpaired) electrons. The van der Waals surface area contributed by atoms with Gasteiger partial charge in [0.1, 0.15) is 29.3 Å². The van der Waals surface area contributed by atoms with Crippen molar-refractivity contribution in [1.29, 1.82) is 0 Å². The Morgan fingerprint density at radius 3 is 2.74 bits per heavy atom. The summed E-state index contributed by atoms with van der Waals surface area (Å²) in [6.45, 7) is 0.454. The molecule has 4 aromatic rings. The molecule has 0 aliphatic carbocycles. The lowest BCUT2D eigenvalue weighted by Gasteiger charge is -2.29. The summed E-state index contributed by atoms with van der Waals surface area (Å²) in [4.78, 5) is 25.2. The van der Waals surface area contributed by atoms with Crippen LogP contribution in [0.25, 0.3) is 11.0 Å². The van der Waals surface area contributed by atoms with Crippen LogP contribution in [-0.2, 0) is 4.74 Å². The first kappa shape index (κ1) is 22.3. The lowest BCUT2D eigenvalue weighted by Crippen LogP contribution is -2.36. The second kappa shape index (κ2) is 9.80. The number of ether oxygens (including phenoxy) is 2. The first-order valence-corrected chi connectivity index (χ1v) is 11.4. The van der Waals surface area contributed by atoms with Gasteiger partial charge in [0.2, 0.25) is 0 Å². The van der Waals surface area contributed by atoms with Crippen molar-refractivity contribution < 1.29 is 19.4 Å². The number of H-pyrrole nitrogens is 1. The molecule has 34 heavy (non-hydrogen) atoms. The van der Waals surface area contributed by atoms with E-state index in [0.29, 0.717) is 46.1 Å². The molecule has 8 nitrogen and oxygen atoms in total. The van der Waals surface area contributed by atoms with E-state index in [0.717, 1.165) is 12.8 Å². The molecule has 0 unspecified atom stereocenters. The third-order valence-electron chi connectivity index (χ3n) is 5.79. The smallest absolute Gasteiger partial charge is 0.196 e. The molecule has 3 heterocycles. The third kappa shape index (κ3) is 4.61. The molecule has 2 aromatic heterocycles. The molecule has 0 saturated carbocycles. The number of benzene rings is 2. The van der Waals surface area contributed by atoms with Crippen LogP contribution in [0.1, 0.15) is 28.8 Å². The molecule has 1 aliphatic heterocycles. The number of aromatic amines is 1. The van der Waals surface area contributed by atoms with Crippen LogP contribution in [0.15, 0.2) is 61.1 Å². The van der Waals surface area contributed by atoms with Crippen molar-refractivity contribution in [2.24, 2.45) is 0 Å². The number of aliphatic hydroxyl groups is 1. The molecule has 3 N–H and O–H groups in total. The number of rotatable bonds is 7. The summed E-state index contributed by atoms with van der Waals surface area (Å²) < 4.78 is 11.5. The molecule has 0 bridgehead atoms. The lowest BCUT2D eigenvalue weighted by molar-refractivity contribution is -0.0224. The summed E-state index contributed by atoms with van der Waals surface area (Å²) in [6.07, 6.45) is 4.49. The van der Waals surface area contributed by atoms with Crippen LogP contribution in [0, 0.1) is 0 Å².